The lowest BCUT2D eigenvalue weighted by Crippen LogP contribution is -2.05. The molecule has 0 aliphatic rings. The van der Waals surface area contributed by atoms with E-state index >= 15 is 0 Å². The summed E-state index contributed by atoms with van der Waals surface area (Å²) in [6.07, 6.45) is 1.45. The smallest absolute Gasteiger partial charge is 0.239 e. The molecule has 7 heteroatoms. The monoisotopic (exact) mass is 203 g/mol. The molecule has 0 spiro atoms. The first kappa shape index (κ1) is 9.21. The number of nitrogen functional groups attached to an aromatic ring is 1. The molecule has 7 nitrogen and oxygen atoms in total. The number of hydrogen-bond acceptors (Lipinski definition) is 5. The Hall–Kier alpha value is -2.36. The molecular weight excluding hydrogens is 194 g/mol. The average molecular weight is 203 g/mol. The summed E-state index contributed by atoms with van der Waals surface area (Å²) in [5.74, 6) is 0.733. The zero-order chi connectivity index (χ0) is 11.0. The highest BCUT2D eigenvalue weighted by Crippen LogP contribution is 2.15. The van der Waals surface area contributed by atoms with Gasteiger partial charge in [0.1, 0.15) is 18.0 Å². The van der Waals surface area contributed by atoms with Gasteiger partial charge in [-0.1, -0.05) is 0 Å². The van der Waals surface area contributed by atoms with E-state index in [1.165, 1.54) is 11.0 Å². The summed E-state index contributed by atoms with van der Waals surface area (Å²) in [6.45, 7) is 1.77. The minimum Gasteiger partial charge on any atom is -0.366 e. The van der Waals surface area contributed by atoms with Gasteiger partial charge in [0.2, 0.25) is 5.95 Å². The van der Waals surface area contributed by atoms with Crippen LogP contribution in [-0.4, -0.2) is 24.5 Å². The highest BCUT2D eigenvalue weighted by molar-refractivity contribution is 5.46. The topological polar surface area (TPSA) is 98.3 Å². The van der Waals surface area contributed by atoms with Gasteiger partial charge in [0, 0.05) is 7.05 Å². The molecule has 2 aromatic rings. The van der Waals surface area contributed by atoms with E-state index in [1.54, 1.807) is 18.7 Å². The van der Waals surface area contributed by atoms with Crippen LogP contribution < -0.4 is 5.73 Å². The summed E-state index contributed by atoms with van der Waals surface area (Å²) in [7, 11) is 1.74. The molecule has 2 aromatic heterocycles. The van der Waals surface area contributed by atoms with Gasteiger partial charge in [-0.15, -0.1) is 5.10 Å². The second-order valence-electron chi connectivity index (χ2n) is 3.07. The number of nitrogens with zero attached hydrogens (tertiary/aromatic N) is 6. The predicted molar refractivity (Wildman–Crippen MR) is 52.0 cm³/mol. The number of nitriles is 1. The Balaban J connectivity index is 2.67. The van der Waals surface area contributed by atoms with Crippen LogP contribution in [0.3, 0.4) is 0 Å². The normalized spacial score (nSPS) is 10.2. The Labute approximate surface area is 85.7 Å². The van der Waals surface area contributed by atoms with Gasteiger partial charge >= 0.3 is 0 Å². The zero-order valence-electron chi connectivity index (χ0n) is 8.34. The fraction of sp³-hybridized carbons (Fsp3) is 0.250. The molecule has 15 heavy (non-hydrogen) atoms. The van der Waals surface area contributed by atoms with Crippen molar-refractivity contribution in [3.63, 3.8) is 0 Å². The molecule has 0 fully saturated rings. The van der Waals surface area contributed by atoms with Crippen molar-refractivity contribution in [2.75, 3.05) is 5.73 Å². The molecule has 2 N–H and O–H groups in total. The van der Waals surface area contributed by atoms with E-state index in [9.17, 15) is 0 Å². The van der Waals surface area contributed by atoms with Crippen LogP contribution in [0.4, 0.5) is 5.95 Å². The lowest BCUT2D eigenvalue weighted by atomic mass is 10.3. The van der Waals surface area contributed by atoms with Gasteiger partial charge in [-0.3, -0.25) is 0 Å². The van der Waals surface area contributed by atoms with E-state index in [2.05, 4.69) is 21.3 Å². The van der Waals surface area contributed by atoms with Crippen molar-refractivity contribution >= 4 is 5.95 Å². The first-order valence-electron chi connectivity index (χ1n) is 4.24. The molecule has 0 aliphatic heterocycles. The number of rotatable bonds is 1. The highest BCUT2D eigenvalue weighted by atomic mass is 15.4. The Kier molecular flexibility index (Phi) is 1.90. The van der Waals surface area contributed by atoms with Crippen molar-refractivity contribution in [3.05, 3.63) is 17.6 Å². The van der Waals surface area contributed by atoms with Crippen molar-refractivity contribution in [2.24, 2.45) is 7.05 Å². The van der Waals surface area contributed by atoms with Crippen LogP contribution in [0.5, 0.6) is 0 Å². The number of hydrogen-bond donors (Lipinski definition) is 1. The van der Waals surface area contributed by atoms with E-state index in [0.717, 1.165) is 0 Å². The van der Waals surface area contributed by atoms with E-state index in [0.29, 0.717) is 17.1 Å². The molecule has 76 valence electrons. The van der Waals surface area contributed by atoms with Crippen LogP contribution >= 0.6 is 0 Å². The maximum atomic E-state index is 8.98. The van der Waals surface area contributed by atoms with Crippen molar-refractivity contribution in [3.8, 4) is 11.9 Å². The maximum Gasteiger partial charge on any atom is 0.239 e. The molecule has 2 heterocycles. The lowest BCUT2D eigenvalue weighted by Gasteiger charge is -1.99. The van der Waals surface area contributed by atoms with Crippen molar-refractivity contribution < 1.29 is 0 Å². The molecule has 0 aliphatic carbocycles. The Morgan fingerprint density at radius 3 is 2.73 bits per heavy atom. The molecule has 0 atom stereocenters. The molecule has 2 rings (SSSR count). The minimum atomic E-state index is 0.165. The zero-order valence-corrected chi connectivity index (χ0v) is 8.34. The third-order valence-electron chi connectivity index (χ3n) is 2.03. The van der Waals surface area contributed by atoms with Gasteiger partial charge in [0.15, 0.2) is 5.82 Å². The third kappa shape index (κ3) is 1.32. The Morgan fingerprint density at radius 1 is 1.47 bits per heavy atom. The van der Waals surface area contributed by atoms with Crippen LogP contribution in [0.25, 0.3) is 5.82 Å². The minimum absolute atomic E-state index is 0.165. The quantitative estimate of drug-likeness (QED) is 0.689. The first-order chi connectivity index (χ1) is 7.13. The number of anilines is 1. The van der Waals surface area contributed by atoms with Gasteiger partial charge in [-0.2, -0.15) is 15.0 Å². The van der Waals surface area contributed by atoms with Crippen molar-refractivity contribution in [1.82, 2.24) is 24.5 Å². The third-order valence-corrected chi connectivity index (χ3v) is 2.03. The van der Waals surface area contributed by atoms with Crippen molar-refractivity contribution in [1.29, 1.82) is 5.26 Å². The van der Waals surface area contributed by atoms with E-state index < -0.39 is 0 Å². The molecule has 0 radical (unpaired) electrons. The summed E-state index contributed by atoms with van der Waals surface area (Å²) < 4.78 is 3.01. The van der Waals surface area contributed by atoms with Gasteiger partial charge < -0.3 is 5.73 Å². The van der Waals surface area contributed by atoms with E-state index in [4.69, 9.17) is 11.0 Å². The maximum absolute atomic E-state index is 8.98. The Bertz CT molecular complexity index is 542. The van der Waals surface area contributed by atoms with Crippen molar-refractivity contribution in [2.45, 2.75) is 6.92 Å². The van der Waals surface area contributed by atoms with Gasteiger partial charge in [-0.25, -0.2) is 9.67 Å². The van der Waals surface area contributed by atoms with Crippen LogP contribution in [0.2, 0.25) is 0 Å². The van der Waals surface area contributed by atoms with Gasteiger partial charge in [0.05, 0.1) is 5.69 Å². The molecule has 0 unspecified atom stereocenters. The molecule has 0 saturated carbocycles. The van der Waals surface area contributed by atoms with Crippen LogP contribution in [0, 0.1) is 18.3 Å². The summed E-state index contributed by atoms with van der Waals surface area (Å²) in [4.78, 5) is 3.80. The van der Waals surface area contributed by atoms with E-state index in [-0.39, 0.29) is 5.95 Å². The number of nitrogens with two attached hydrogens (primary N) is 1. The molecular formula is C8H9N7. The van der Waals surface area contributed by atoms with E-state index in [1.807, 2.05) is 0 Å². The molecule has 0 saturated heterocycles. The van der Waals surface area contributed by atoms with Crippen LogP contribution in [-0.2, 0) is 7.05 Å². The van der Waals surface area contributed by atoms with Crippen LogP contribution in [0.1, 0.15) is 11.3 Å². The Morgan fingerprint density at radius 2 is 2.20 bits per heavy atom. The van der Waals surface area contributed by atoms with Gasteiger partial charge in [0.25, 0.3) is 0 Å². The SMILES string of the molecule is Cc1nn(C)c(-n2cnc(N)n2)c1C#N. The average Bonchev–Trinajstić information content (AvgIpc) is 2.70. The number of aromatic nitrogens is 5. The summed E-state index contributed by atoms with van der Waals surface area (Å²) in [6, 6.07) is 2.08. The number of aryl methyl sites for hydroxylation is 2. The second-order valence-corrected chi connectivity index (χ2v) is 3.07. The fourth-order valence-corrected chi connectivity index (χ4v) is 1.42. The fourth-order valence-electron chi connectivity index (χ4n) is 1.42. The highest BCUT2D eigenvalue weighted by Gasteiger charge is 2.15. The predicted octanol–water partition coefficient (Wildman–Crippen LogP) is -0.237. The van der Waals surface area contributed by atoms with Crippen LogP contribution in [0.15, 0.2) is 6.33 Å². The molecule has 0 amide bonds. The largest absolute Gasteiger partial charge is 0.366 e. The summed E-state index contributed by atoms with van der Waals surface area (Å²) in [5, 5.41) is 17.1. The lowest BCUT2D eigenvalue weighted by molar-refractivity contribution is 0.693. The second kappa shape index (κ2) is 3.09. The first-order valence-corrected chi connectivity index (χ1v) is 4.24. The molecule has 0 aromatic carbocycles. The standard InChI is InChI=1S/C8H9N7/c1-5-6(3-9)7(14(2)12-5)15-4-11-8(10)13-15/h4H,1-2H3,(H2,10,13). The van der Waals surface area contributed by atoms with Gasteiger partial charge in [-0.05, 0) is 6.92 Å². The summed E-state index contributed by atoms with van der Waals surface area (Å²) >= 11 is 0. The molecule has 0 bridgehead atoms. The summed E-state index contributed by atoms with van der Waals surface area (Å²) in [5.41, 5.74) is 6.54.